The molecule has 3 aromatic rings. The summed E-state index contributed by atoms with van der Waals surface area (Å²) in [5, 5.41) is 3.92. The van der Waals surface area contributed by atoms with E-state index in [2.05, 4.69) is 14.9 Å². The number of aromatic nitrogens is 2. The monoisotopic (exact) mass is 387 g/mol. The number of sulfonamides is 1. The second-order valence-corrected chi connectivity index (χ2v) is 8.03. The molecule has 0 aliphatic carbocycles. The summed E-state index contributed by atoms with van der Waals surface area (Å²) in [6, 6.07) is 11.0. The van der Waals surface area contributed by atoms with Crippen LogP contribution >= 0.6 is 0 Å². The number of nitrogens with one attached hydrogen (secondary N) is 1. The van der Waals surface area contributed by atoms with Gasteiger partial charge in [-0.15, -0.1) is 0 Å². The fraction of sp³-hybridized carbons (Fsp3) is 0.263. The molecule has 0 bridgehead atoms. The van der Waals surface area contributed by atoms with Crippen LogP contribution in [0, 0.1) is 20.8 Å². The fourth-order valence-corrected chi connectivity index (χ4v) is 4.02. The first kappa shape index (κ1) is 19.1. The zero-order chi connectivity index (χ0) is 19.6. The Kier molecular flexibility index (Phi) is 5.29. The van der Waals surface area contributed by atoms with Gasteiger partial charge in [0, 0.05) is 5.56 Å². The van der Waals surface area contributed by atoms with E-state index in [0.717, 1.165) is 16.7 Å². The first-order valence-corrected chi connectivity index (χ1v) is 9.83. The third-order valence-corrected chi connectivity index (χ3v) is 5.68. The van der Waals surface area contributed by atoms with Crippen LogP contribution in [0.1, 0.15) is 22.6 Å². The third-order valence-electron chi connectivity index (χ3n) is 4.14. The van der Waals surface area contributed by atoms with Crippen molar-refractivity contribution in [2.24, 2.45) is 0 Å². The molecular formula is C19H21N3O4S. The largest absolute Gasteiger partial charge is 0.496 e. The van der Waals surface area contributed by atoms with Gasteiger partial charge in [0.25, 0.3) is 0 Å². The molecule has 0 saturated carbocycles. The molecule has 1 aromatic heterocycles. The van der Waals surface area contributed by atoms with Gasteiger partial charge in [0.2, 0.25) is 21.7 Å². The van der Waals surface area contributed by atoms with Crippen LogP contribution in [0.4, 0.5) is 0 Å². The Morgan fingerprint density at radius 3 is 2.59 bits per heavy atom. The van der Waals surface area contributed by atoms with Crippen LogP contribution in [-0.4, -0.2) is 25.7 Å². The lowest BCUT2D eigenvalue weighted by molar-refractivity contribution is 0.376. The summed E-state index contributed by atoms with van der Waals surface area (Å²) in [7, 11) is -2.18. The summed E-state index contributed by atoms with van der Waals surface area (Å²) in [6.45, 7) is 5.39. The highest BCUT2D eigenvalue weighted by Gasteiger charge is 2.20. The molecule has 0 unspecified atom stereocenters. The standard InChI is InChI=1S/C19H21N3O4S/c1-12-6-5-7-15(8-12)19-21-18(26-22-19)11-20-27(23,24)17-10-13(2)16(25-4)9-14(17)3/h5-10,20H,11H2,1-4H3. The minimum Gasteiger partial charge on any atom is -0.496 e. The molecule has 0 aliphatic rings. The lowest BCUT2D eigenvalue weighted by Gasteiger charge is -2.12. The van der Waals surface area contributed by atoms with E-state index in [4.69, 9.17) is 9.26 Å². The molecule has 27 heavy (non-hydrogen) atoms. The van der Waals surface area contributed by atoms with E-state index in [9.17, 15) is 8.42 Å². The Balaban J connectivity index is 1.78. The van der Waals surface area contributed by atoms with Crippen molar-refractivity contribution in [3.05, 3.63) is 59.0 Å². The second-order valence-electron chi connectivity index (χ2n) is 6.29. The van der Waals surface area contributed by atoms with Crippen molar-refractivity contribution in [1.29, 1.82) is 0 Å². The summed E-state index contributed by atoms with van der Waals surface area (Å²) in [5.74, 6) is 1.26. The van der Waals surface area contributed by atoms with E-state index in [1.165, 1.54) is 0 Å². The number of hydrogen-bond acceptors (Lipinski definition) is 6. The van der Waals surface area contributed by atoms with Crippen molar-refractivity contribution in [1.82, 2.24) is 14.9 Å². The second kappa shape index (κ2) is 7.50. The molecule has 0 amide bonds. The Labute approximate surface area is 158 Å². The number of hydrogen-bond donors (Lipinski definition) is 1. The lowest BCUT2D eigenvalue weighted by Crippen LogP contribution is -2.24. The average molecular weight is 387 g/mol. The van der Waals surface area contributed by atoms with Crippen LogP contribution in [0.2, 0.25) is 0 Å². The summed E-state index contributed by atoms with van der Waals surface area (Å²) in [5.41, 5.74) is 3.22. The Bertz CT molecular complexity index is 1070. The molecule has 3 rings (SSSR count). The molecule has 1 heterocycles. The van der Waals surface area contributed by atoms with Gasteiger partial charge in [0.15, 0.2) is 0 Å². The minimum atomic E-state index is -3.73. The van der Waals surface area contributed by atoms with E-state index in [1.54, 1.807) is 33.1 Å². The Morgan fingerprint density at radius 1 is 1.11 bits per heavy atom. The third kappa shape index (κ3) is 4.17. The van der Waals surface area contributed by atoms with Crippen LogP contribution in [0.25, 0.3) is 11.4 Å². The molecule has 0 atom stereocenters. The molecule has 2 aromatic carbocycles. The van der Waals surface area contributed by atoms with Gasteiger partial charge < -0.3 is 9.26 Å². The van der Waals surface area contributed by atoms with Crippen molar-refractivity contribution >= 4 is 10.0 Å². The number of ether oxygens (including phenoxy) is 1. The maximum absolute atomic E-state index is 12.7. The maximum Gasteiger partial charge on any atom is 0.242 e. The van der Waals surface area contributed by atoms with Crippen molar-refractivity contribution < 1.29 is 17.7 Å². The molecule has 0 fully saturated rings. The first-order valence-electron chi connectivity index (χ1n) is 8.34. The minimum absolute atomic E-state index is 0.0916. The van der Waals surface area contributed by atoms with Gasteiger partial charge in [-0.25, -0.2) is 13.1 Å². The highest BCUT2D eigenvalue weighted by molar-refractivity contribution is 7.89. The quantitative estimate of drug-likeness (QED) is 0.698. The number of rotatable bonds is 6. The smallest absolute Gasteiger partial charge is 0.242 e. The molecule has 0 saturated heterocycles. The first-order chi connectivity index (χ1) is 12.8. The highest BCUT2D eigenvalue weighted by Crippen LogP contribution is 2.25. The van der Waals surface area contributed by atoms with Crippen molar-refractivity contribution in [2.75, 3.05) is 7.11 Å². The average Bonchev–Trinajstić information content (AvgIpc) is 3.11. The van der Waals surface area contributed by atoms with Gasteiger partial charge in [-0.05, 0) is 50.1 Å². The Hall–Kier alpha value is -2.71. The van der Waals surface area contributed by atoms with Gasteiger partial charge in [0.05, 0.1) is 18.6 Å². The molecule has 0 spiro atoms. The van der Waals surface area contributed by atoms with Gasteiger partial charge in [0.1, 0.15) is 5.75 Å². The number of benzene rings is 2. The van der Waals surface area contributed by atoms with Crippen LogP contribution in [0.3, 0.4) is 0 Å². The van der Waals surface area contributed by atoms with Gasteiger partial charge in [-0.2, -0.15) is 4.98 Å². The molecule has 8 heteroatoms. The topological polar surface area (TPSA) is 94.3 Å². The van der Waals surface area contributed by atoms with Crippen molar-refractivity contribution in [2.45, 2.75) is 32.2 Å². The molecular weight excluding hydrogens is 366 g/mol. The summed E-state index contributed by atoms with van der Waals surface area (Å²) in [6.07, 6.45) is 0. The maximum atomic E-state index is 12.7. The van der Waals surface area contributed by atoms with Crippen LogP contribution < -0.4 is 9.46 Å². The normalized spacial score (nSPS) is 11.6. The van der Waals surface area contributed by atoms with Crippen LogP contribution in [0.15, 0.2) is 45.8 Å². The van der Waals surface area contributed by atoms with Crippen LogP contribution in [-0.2, 0) is 16.6 Å². The van der Waals surface area contributed by atoms with Gasteiger partial charge >= 0.3 is 0 Å². The van der Waals surface area contributed by atoms with Crippen molar-refractivity contribution in [3.8, 4) is 17.1 Å². The molecule has 0 radical (unpaired) electrons. The summed E-state index contributed by atoms with van der Waals surface area (Å²) >= 11 is 0. The van der Waals surface area contributed by atoms with Gasteiger partial charge in [-0.3, -0.25) is 0 Å². The lowest BCUT2D eigenvalue weighted by atomic mass is 10.1. The number of methoxy groups -OCH3 is 1. The summed E-state index contributed by atoms with van der Waals surface area (Å²) < 4.78 is 38.2. The van der Waals surface area contributed by atoms with Crippen molar-refractivity contribution in [3.63, 3.8) is 0 Å². The Morgan fingerprint density at radius 2 is 1.89 bits per heavy atom. The van der Waals surface area contributed by atoms with E-state index in [-0.39, 0.29) is 17.3 Å². The van der Waals surface area contributed by atoms with E-state index in [0.29, 0.717) is 17.1 Å². The number of nitrogens with zero attached hydrogens (tertiary/aromatic N) is 2. The molecule has 7 nitrogen and oxygen atoms in total. The van der Waals surface area contributed by atoms with Crippen LogP contribution in [0.5, 0.6) is 5.75 Å². The van der Waals surface area contributed by atoms with E-state index < -0.39 is 10.0 Å². The SMILES string of the molecule is COc1cc(C)c(S(=O)(=O)NCc2nc(-c3cccc(C)c3)no2)cc1C. The van der Waals surface area contributed by atoms with E-state index >= 15 is 0 Å². The zero-order valence-corrected chi connectivity index (χ0v) is 16.4. The molecule has 142 valence electrons. The van der Waals surface area contributed by atoms with E-state index in [1.807, 2.05) is 31.2 Å². The fourth-order valence-electron chi connectivity index (χ4n) is 2.74. The highest BCUT2D eigenvalue weighted by atomic mass is 32.2. The summed E-state index contributed by atoms with van der Waals surface area (Å²) in [4.78, 5) is 4.45. The molecule has 1 N–H and O–H groups in total. The predicted molar refractivity (Wildman–Crippen MR) is 101 cm³/mol. The molecule has 0 aliphatic heterocycles. The zero-order valence-electron chi connectivity index (χ0n) is 15.6. The predicted octanol–water partition coefficient (Wildman–Crippen LogP) is 3.15. The number of aryl methyl sites for hydroxylation is 3. The van der Waals surface area contributed by atoms with Gasteiger partial charge in [-0.1, -0.05) is 28.9 Å².